The molecule has 0 aliphatic heterocycles. The van der Waals surface area contributed by atoms with Gasteiger partial charge >= 0.3 is 5.97 Å². The van der Waals surface area contributed by atoms with Crippen molar-refractivity contribution in [2.24, 2.45) is 5.41 Å². The molecule has 0 atom stereocenters. The van der Waals surface area contributed by atoms with Crippen LogP contribution in [-0.4, -0.2) is 25.7 Å². The van der Waals surface area contributed by atoms with E-state index < -0.39 is 0 Å². The number of nitrogens with one attached hydrogen (secondary N) is 1. The van der Waals surface area contributed by atoms with Crippen LogP contribution in [0.25, 0.3) is 0 Å². The fourth-order valence-electron chi connectivity index (χ4n) is 1.21. The van der Waals surface area contributed by atoms with Gasteiger partial charge in [-0.2, -0.15) is 0 Å². The van der Waals surface area contributed by atoms with Gasteiger partial charge in [-0.05, 0) is 25.2 Å². The molecule has 1 aliphatic rings. The third kappa shape index (κ3) is 3.50. The standard InChI is InChI=1S/C11H19NO2/c1-4-14-10(13)9(2)7-12-8-11(3)5-6-11/h12H,2,4-8H2,1,3H3. The first kappa shape index (κ1) is 11.2. The molecule has 1 fully saturated rings. The van der Waals surface area contributed by atoms with E-state index in [9.17, 15) is 4.79 Å². The quantitative estimate of drug-likeness (QED) is 0.518. The lowest BCUT2D eigenvalue weighted by atomic mass is 10.1. The van der Waals surface area contributed by atoms with Crippen molar-refractivity contribution in [1.82, 2.24) is 5.32 Å². The van der Waals surface area contributed by atoms with E-state index in [1.54, 1.807) is 6.92 Å². The Hall–Kier alpha value is -0.830. The van der Waals surface area contributed by atoms with Gasteiger partial charge in [0.15, 0.2) is 0 Å². The first-order chi connectivity index (χ1) is 6.57. The SMILES string of the molecule is C=C(CNCC1(C)CC1)C(=O)OCC. The highest BCUT2D eigenvalue weighted by molar-refractivity contribution is 5.88. The van der Waals surface area contributed by atoms with Gasteiger partial charge in [0.05, 0.1) is 6.61 Å². The number of ether oxygens (including phenoxy) is 1. The first-order valence-corrected chi connectivity index (χ1v) is 5.13. The topological polar surface area (TPSA) is 38.3 Å². The van der Waals surface area contributed by atoms with Crippen LogP contribution in [0.15, 0.2) is 12.2 Å². The van der Waals surface area contributed by atoms with Crippen molar-refractivity contribution in [3.8, 4) is 0 Å². The number of carbonyl (C=O) groups excluding carboxylic acids is 1. The van der Waals surface area contributed by atoms with Crippen LogP contribution in [0.1, 0.15) is 26.7 Å². The Balaban J connectivity index is 2.11. The zero-order chi connectivity index (χ0) is 10.6. The molecule has 0 unspecified atom stereocenters. The molecule has 1 aliphatic carbocycles. The number of hydrogen-bond acceptors (Lipinski definition) is 3. The van der Waals surface area contributed by atoms with Crippen LogP contribution >= 0.6 is 0 Å². The fourth-order valence-corrected chi connectivity index (χ4v) is 1.21. The summed E-state index contributed by atoms with van der Waals surface area (Å²) in [4.78, 5) is 11.2. The summed E-state index contributed by atoms with van der Waals surface area (Å²) in [7, 11) is 0. The number of rotatable bonds is 6. The molecule has 80 valence electrons. The largest absolute Gasteiger partial charge is 0.463 e. The van der Waals surface area contributed by atoms with Gasteiger partial charge in [-0.1, -0.05) is 13.5 Å². The molecule has 0 aromatic heterocycles. The van der Waals surface area contributed by atoms with Gasteiger partial charge in [-0.25, -0.2) is 4.79 Å². The second-order valence-electron chi connectivity index (χ2n) is 4.24. The van der Waals surface area contributed by atoms with Gasteiger partial charge in [-0.15, -0.1) is 0 Å². The lowest BCUT2D eigenvalue weighted by Crippen LogP contribution is -2.26. The maximum absolute atomic E-state index is 11.2. The maximum Gasteiger partial charge on any atom is 0.334 e. The van der Waals surface area contributed by atoms with Crippen LogP contribution in [0.4, 0.5) is 0 Å². The van der Waals surface area contributed by atoms with E-state index in [2.05, 4.69) is 18.8 Å². The molecule has 3 heteroatoms. The van der Waals surface area contributed by atoms with Gasteiger partial charge in [0, 0.05) is 18.7 Å². The first-order valence-electron chi connectivity index (χ1n) is 5.13. The van der Waals surface area contributed by atoms with Crippen LogP contribution < -0.4 is 5.32 Å². The van der Waals surface area contributed by atoms with Gasteiger partial charge in [-0.3, -0.25) is 0 Å². The van der Waals surface area contributed by atoms with E-state index in [4.69, 9.17) is 4.74 Å². The van der Waals surface area contributed by atoms with Crippen molar-refractivity contribution >= 4 is 5.97 Å². The Bertz CT molecular complexity index is 231. The fraction of sp³-hybridized carbons (Fsp3) is 0.727. The minimum Gasteiger partial charge on any atom is -0.463 e. The van der Waals surface area contributed by atoms with Crippen molar-refractivity contribution in [2.45, 2.75) is 26.7 Å². The average molecular weight is 197 g/mol. The van der Waals surface area contributed by atoms with Crippen molar-refractivity contribution in [3.05, 3.63) is 12.2 Å². The van der Waals surface area contributed by atoms with Crippen molar-refractivity contribution in [3.63, 3.8) is 0 Å². The predicted octanol–water partition coefficient (Wildman–Crippen LogP) is 1.50. The molecular formula is C11H19NO2. The van der Waals surface area contributed by atoms with Crippen molar-refractivity contribution in [2.75, 3.05) is 19.7 Å². The van der Waals surface area contributed by atoms with E-state index in [0.717, 1.165) is 6.54 Å². The Morgan fingerprint density at radius 3 is 2.71 bits per heavy atom. The molecule has 3 nitrogen and oxygen atoms in total. The molecule has 0 amide bonds. The van der Waals surface area contributed by atoms with E-state index in [0.29, 0.717) is 24.1 Å². The molecule has 1 saturated carbocycles. The third-order valence-corrected chi connectivity index (χ3v) is 2.56. The summed E-state index contributed by atoms with van der Waals surface area (Å²) in [5, 5.41) is 3.23. The lowest BCUT2D eigenvalue weighted by Gasteiger charge is -2.10. The molecule has 0 saturated heterocycles. The average Bonchev–Trinajstić information content (AvgIpc) is 2.84. The molecule has 0 radical (unpaired) electrons. The van der Waals surface area contributed by atoms with E-state index in [-0.39, 0.29) is 5.97 Å². The highest BCUT2D eigenvalue weighted by Gasteiger charge is 2.36. The summed E-state index contributed by atoms with van der Waals surface area (Å²) in [6, 6.07) is 0. The Morgan fingerprint density at radius 2 is 2.21 bits per heavy atom. The van der Waals surface area contributed by atoms with Gasteiger partial charge < -0.3 is 10.1 Å². The van der Waals surface area contributed by atoms with Crippen LogP contribution in [0.3, 0.4) is 0 Å². The molecule has 1 N–H and O–H groups in total. The van der Waals surface area contributed by atoms with Crippen LogP contribution in [0, 0.1) is 5.41 Å². The van der Waals surface area contributed by atoms with E-state index >= 15 is 0 Å². The smallest absolute Gasteiger partial charge is 0.334 e. The normalized spacial score (nSPS) is 17.6. The summed E-state index contributed by atoms with van der Waals surface area (Å²) >= 11 is 0. The number of hydrogen-bond donors (Lipinski definition) is 1. The molecule has 0 spiro atoms. The second kappa shape index (κ2) is 4.60. The lowest BCUT2D eigenvalue weighted by molar-refractivity contribution is -0.138. The number of carbonyl (C=O) groups is 1. The zero-order valence-corrected chi connectivity index (χ0v) is 9.06. The molecular weight excluding hydrogens is 178 g/mol. The van der Waals surface area contributed by atoms with Crippen LogP contribution in [0.2, 0.25) is 0 Å². The van der Waals surface area contributed by atoms with Gasteiger partial charge in [0.25, 0.3) is 0 Å². The molecule has 1 rings (SSSR count). The minimum atomic E-state index is -0.291. The Morgan fingerprint density at radius 1 is 1.57 bits per heavy atom. The van der Waals surface area contributed by atoms with E-state index in [1.165, 1.54) is 12.8 Å². The van der Waals surface area contributed by atoms with Crippen LogP contribution in [0.5, 0.6) is 0 Å². The Kier molecular flexibility index (Phi) is 3.69. The predicted molar refractivity (Wildman–Crippen MR) is 56.0 cm³/mol. The molecule has 0 heterocycles. The van der Waals surface area contributed by atoms with Crippen molar-refractivity contribution < 1.29 is 9.53 Å². The van der Waals surface area contributed by atoms with Gasteiger partial charge in [0.1, 0.15) is 0 Å². The van der Waals surface area contributed by atoms with Crippen LogP contribution in [-0.2, 0) is 9.53 Å². The molecule has 0 aromatic rings. The minimum absolute atomic E-state index is 0.291. The van der Waals surface area contributed by atoms with E-state index in [1.807, 2.05) is 0 Å². The summed E-state index contributed by atoms with van der Waals surface area (Å²) in [6.07, 6.45) is 2.57. The summed E-state index contributed by atoms with van der Waals surface area (Å²) in [5.41, 5.74) is 0.977. The highest BCUT2D eigenvalue weighted by Crippen LogP contribution is 2.43. The molecule has 14 heavy (non-hydrogen) atoms. The zero-order valence-electron chi connectivity index (χ0n) is 9.06. The summed E-state index contributed by atoms with van der Waals surface area (Å²) in [5.74, 6) is -0.291. The second-order valence-corrected chi connectivity index (χ2v) is 4.24. The highest BCUT2D eigenvalue weighted by atomic mass is 16.5. The molecule has 0 bridgehead atoms. The van der Waals surface area contributed by atoms with Gasteiger partial charge in [0.2, 0.25) is 0 Å². The summed E-state index contributed by atoms with van der Waals surface area (Å²) in [6.45, 7) is 9.63. The monoisotopic (exact) mass is 197 g/mol. The summed E-state index contributed by atoms with van der Waals surface area (Å²) < 4.78 is 4.82. The number of esters is 1. The Labute approximate surface area is 85.5 Å². The third-order valence-electron chi connectivity index (χ3n) is 2.56. The maximum atomic E-state index is 11.2. The van der Waals surface area contributed by atoms with Crippen molar-refractivity contribution in [1.29, 1.82) is 0 Å². The molecule has 0 aromatic carbocycles.